The number of nitrogens with two attached hydrogens (primary N) is 1. The molecule has 6 aliphatic heterocycles. The van der Waals surface area contributed by atoms with Crippen molar-refractivity contribution in [3.63, 3.8) is 0 Å². The molecule has 0 bridgehead atoms. The molecule has 119 heavy (non-hydrogen) atoms. The Labute approximate surface area is 698 Å². The average Bonchev–Trinajstić information content (AvgIpc) is 1.62. The van der Waals surface area contributed by atoms with Crippen LogP contribution >= 0.6 is 46.9 Å². The van der Waals surface area contributed by atoms with Gasteiger partial charge in [0.05, 0.1) is 94.5 Å². The first kappa shape index (κ1) is 87.5. The van der Waals surface area contributed by atoms with Gasteiger partial charge >= 0.3 is 17.6 Å². The zero-order valence-corrected chi connectivity index (χ0v) is 67.1. The quantitative estimate of drug-likeness (QED) is 0.0222. The molecule has 612 valence electrons. The number of amidine groups is 1. The average molecular weight is 1700 g/mol. The SMILES string of the molecule is C#CCOc1cnc(/C(F)=C/c2ccc(F)c([C@]34CN(C(=O)OC)C[C@H]3CSC(CC(=O)c3ccccc3)=N4)c2)cn1.C#CCOc1cnc(/C(F)=C/c2ccc(F)c([C@]34CN(C(=O)OC)C[C@H]3CSC(N)=N4)c2)cn1.C#CCOc1cnc(/C(F)=C/c2ccc(F)c([C@]34CNC[C@H]3CSC(CC(=O)c3ccccc3)=N4)c2)cn1.COC(=O)Cl. The maximum atomic E-state index is 15.6. The largest absolute Gasteiger partial charge is 0.463 e. The fraction of sp³-hybridized carbons (Fsp3) is 0.271. The maximum Gasteiger partial charge on any atom is 0.409 e. The van der Waals surface area contributed by atoms with Gasteiger partial charge in [0.1, 0.15) is 51.2 Å². The number of carbonyl (C=O) groups excluding carboxylic acids is 5. The molecule has 8 aromatic rings. The summed E-state index contributed by atoms with van der Waals surface area (Å²) in [5.74, 6) is 5.14. The number of aliphatic imine (C=N–C) groups is 3. The van der Waals surface area contributed by atoms with E-state index in [-0.39, 0.29) is 121 Å². The molecule has 3 saturated heterocycles. The van der Waals surface area contributed by atoms with E-state index in [0.717, 1.165) is 0 Å². The Balaban J connectivity index is 0.000000171. The molecular weight excluding hydrogens is 1620 g/mol. The molecule has 24 nitrogen and oxygen atoms in total. The van der Waals surface area contributed by atoms with Crippen LogP contribution in [-0.2, 0) is 30.8 Å². The van der Waals surface area contributed by atoms with Crippen LogP contribution in [0.1, 0.15) is 84.0 Å². The van der Waals surface area contributed by atoms with Crippen molar-refractivity contribution in [3.05, 3.63) is 231 Å². The highest BCUT2D eigenvalue weighted by Gasteiger charge is 2.55. The Bertz CT molecular complexity index is 5400. The lowest BCUT2D eigenvalue weighted by Gasteiger charge is -2.36. The molecule has 14 rings (SSSR count). The van der Waals surface area contributed by atoms with Crippen LogP contribution in [0.2, 0.25) is 0 Å². The number of amides is 2. The van der Waals surface area contributed by atoms with Gasteiger partial charge in [-0.3, -0.25) is 19.6 Å². The van der Waals surface area contributed by atoms with E-state index >= 15 is 22.0 Å². The van der Waals surface area contributed by atoms with E-state index in [1.807, 2.05) is 24.3 Å². The summed E-state index contributed by atoms with van der Waals surface area (Å²) in [6, 6.07) is 30.8. The number of carbonyl (C=O) groups is 5. The van der Waals surface area contributed by atoms with Gasteiger partial charge in [0.2, 0.25) is 17.6 Å². The Morgan fingerprint density at radius 1 is 0.513 bits per heavy atom. The highest BCUT2D eigenvalue weighted by Crippen LogP contribution is 2.50. The van der Waals surface area contributed by atoms with Crippen molar-refractivity contribution >= 4 is 127 Å². The van der Waals surface area contributed by atoms with Gasteiger partial charge in [-0.1, -0.05) is 108 Å². The number of rotatable bonds is 21. The number of halogens is 7. The van der Waals surface area contributed by atoms with Crippen molar-refractivity contribution in [3.8, 4) is 54.7 Å². The van der Waals surface area contributed by atoms with Crippen LogP contribution in [0.5, 0.6) is 17.6 Å². The number of benzene rings is 5. The lowest BCUT2D eigenvalue weighted by Crippen LogP contribution is -2.41. The van der Waals surface area contributed by atoms with Gasteiger partial charge < -0.3 is 49.3 Å². The Kier molecular flexibility index (Phi) is 29.9. The second-order valence-electron chi connectivity index (χ2n) is 26.9. The maximum absolute atomic E-state index is 15.6. The molecule has 0 saturated carbocycles. The minimum atomic E-state index is -1.19. The fourth-order valence-corrected chi connectivity index (χ4v) is 17.3. The van der Waals surface area contributed by atoms with Crippen molar-refractivity contribution in [1.29, 1.82) is 0 Å². The number of Topliss-reactive ketones (excluding diaryl/α,β-unsaturated/α-hetero) is 2. The predicted octanol–water partition coefficient (Wildman–Crippen LogP) is 14.4. The smallest absolute Gasteiger partial charge is 0.409 e. The van der Waals surface area contributed by atoms with Crippen molar-refractivity contribution in [1.82, 2.24) is 45.0 Å². The summed E-state index contributed by atoms with van der Waals surface area (Å²) >= 11 is 8.91. The van der Waals surface area contributed by atoms with Gasteiger partial charge in [-0.25, -0.2) is 75.6 Å². The molecule has 0 spiro atoms. The van der Waals surface area contributed by atoms with E-state index < -0.39 is 69.2 Å². The molecule has 0 unspecified atom stereocenters. The number of nitrogens with one attached hydrogen (secondary N) is 1. The topological polar surface area (TPSA) is 300 Å². The van der Waals surface area contributed by atoms with E-state index in [4.69, 9.17) is 58.7 Å². The first-order valence-electron chi connectivity index (χ1n) is 36.3. The van der Waals surface area contributed by atoms with Gasteiger partial charge in [0.25, 0.3) is 0 Å². The third-order valence-electron chi connectivity index (χ3n) is 19.5. The summed E-state index contributed by atoms with van der Waals surface area (Å²) in [6.07, 6.45) is 25.7. The van der Waals surface area contributed by atoms with Gasteiger partial charge in [0, 0.05) is 101 Å². The van der Waals surface area contributed by atoms with Crippen LogP contribution in [0.3, 0.4) is 0 Å². The molecule has 9 heterocycles. The molecule has 34 heteroatoms. The van der Waals surface area contributed by atoms with E-state index in [0.29, 0.717) is 92.1 Å². The monoisotopic (exact) mass is 1700 g/mol. The van der Waals surface area contributed by atoms with Crippen LogP contribution in [0.25, 0.3) is 35.7 Å². The fourth-order valence-electron chi connectivity index (χ4n) is 13.8. The number of ether oxygens (including phenoxy) is 6. The van der Waals surface area contributed by atoms with Gasteiger partial charge in [0.15, 0.2) is 54.0 Å². The van der Waals surface area contributed by atoms with E-state index in [1.54, 1.807) is 42.5 Å². The van der Waals surface area contributed by atoms with Crippen LogP contribution < -0.4 is 25.3 Å². The predicted molar refractivity (Wildman–Crippen MR) is 444 cm³/mol. The number of methoxy groups -OCH3 is 3. The standard InChI is InChI=1S/C31H26F2N4O4S.C29H24F2N4O2S.C23H21F2N5O3S.C2H3ClO2/c1-3-11-41-28-16-34-26(15-35-28)25(33)13-20-9-10-24(32)23(12-20)31-19-37(30(39)40-2)17-22(31)18-42-29(36-31)14-27(38)21-7-5-4-6-8-21;1-2-10-37-27-16-33-25(15-34-27)24(31)12-19-8-9-23(30)22(11-19)29-18-32-14-21(29)17-38-28(35-29)13-26(36)20-6-4-3-5-7-20;1-3-6-33-20-10-27-19(9-28-20)18(25)8-14-4-5-17(24)16(7-14)23-13-30(22(31)32-2)11-15(23)12-34-21(26)29-23;1-5-2(3)4/h1,4-10,12-13,15-16,22H,11,14,17-19H2,2H3;1,3-9,11-12,15-16,21,32H,10,13-14,17-18H2;1,4-5,7-10,15H,6,11-13H2,2H3,(H2,26,29);1H3/b25-13-;24-12-;18-8-;/t22-,31-;21-,29-;15-,23-;/m000./s1. The Hall–Kier alpha value is -12.3. The molecule has 3 aromatic heterocycles. The number of nitrogens with zero attached hydrogens (tertiary/aromatic N) is 11. The minimum Gasteiger partial charge on any atom is -0.463 e. The number of thioether (sulfide) groups is 3. The summed E-state index contributed by atoms with van der Waals surface area (Å²) in [7, 11) is 3.79. The summed E-state index contributed by atoms with van der Waals surface area (Å²) in [5.41, 5.74) is 5.20. The molecule has 6 atom stereocenters. The van der Waals surface area contributed by atoms with E-state index in [1.165, 1.54) is 170 Å². The second-order valence-corrected chi connectivity index (χ2v) is 30.4. The Morgan fingerprint density at radius 3 is 1.24 bits per heavy atom. The lowest BCUT2D eigenvalue weighted by atomic mass is 9.80. The zero-order chi connectivity index (χ0) is 84.8. The van der Waals surface area contributed by atoms with Crippen LogP contribution in [0.15, 0.2) is 167 Å². The van der Waals surface area contributed by atoms with Gasteiger partial charge in [-0.05, 0) is 71.3 Å². The summed E-state index contributed by atoms with van der Waals surface area (Å²) in [6.45, 7) is 1.94. The number of fused-ring (bicyclic) bond motifs is 3. The number of terminal acetylenes is 3. The van der Waals surface area contributed by atoms with E-state index in [9.17, 15) is 28.4 Å². The third-order valence-corrected chi connectivity index (χ3v) is 22.9. The van der Waals surface area contributed by atoms with Crippen molar-refractivity contribution in [2.24, 2.45) is 38.5 Å². The Morgan fingerprint density at radius 2 is 0.874 bits per heavy atom. The minimum absolute atomic E-state index is 0.00394. The first-order chi connectivity index (χ1) is 57.4. The third kappa shape index (κ3) is 21.5. The summed E-state index contributed by atoms with van der Waals surface area (Å²) in [4.78, 5) is 101. The molecular formula is C85H74ClF6N13O11S3. The van der Waals surface area contributed by atoms with E-state index in [2.05, 4.69) is 74.3 Å². The first-order valence-corrected chi connectivity index (χ1v) is 39.6. The number of likely N-dealkylation sites (tertiary alicyclic amines) is 2. The molecule has 0 radical (unpaired) electrons. The molecule has 2 amide bonds. The highest BCUT2D eigenvalue weighted by atomic mass is 35.5. The highest BCUT2D eigenvalue weighted by molar-refractivity contribution is 8.14. The number of hydrogen-bond acceptors (Lipinski definition) is 25. The number of ketones is 2. The lowest BCUT2D eigenvalue weighted by molar-refractivity contribution is 0.0992. The van der Waals surface area contributed by atoms with Crippen LogP contribution in [-0.4, -0.2) is 182 Å². The molecule has 0 aliphatic carbocycles. The van der Waals surface area contributed by atoms with Crippen molar-refractivity contribution in [2.45, 2.75) is 29.5 Å². The van der Waals surface area contributed by atoms with Crippen molar-refractivity contribution < 1.29 is 78.7 Å². The number of hydrogen-bond donors (Lipinski definition) is 2. The zero-order valence-electron chi connectivity index (χ0n) is 63.9. The summed E-state index contributed by atoms with van der Waals surface area (Å²) < 4.78 is 120. The normalized spacial score (nSPS) is 20.2. The van der Waals surface area contributed by atoms with Crippen molar-refractivity contribution in [2.75, 3.05) is 97.7 Å². The molecule has 5 aromatic carbocycles. The van der Waals surface area contributed by atoms with Crippen LogP contribution in [0, 0.1) is 72.2 Å². The molecule has 6 aliphatic rings. The molecule has 3 N–H and O–H groups in total. The summed E-state index contributed by atoms with van der Waals surface area (Å²) in [5, 5.41) is 4.86. The van der Waals surface area contributed by atoms with Gasteiger partial charge in [-0.15, -0.1) is 42.8 Å². The number of aromatic nitrogens is 6. The second kappa shape index (κ2) is 40.7. The van der Waals surface area contributed by atoms with Gasteiger partial charge in [-0.2, -0.15) is 0 Å². The van der Waals surface area contributed by atoms with Crippen LogP contribution in [0.4, 0.5) is 40.7 Å². The molecule has 3 fully saturated rings.